The van der Waals surface area contributed by atoms with Crippen LogP contribution in [0.2, 0.25) is 0 Å². The molecule has 3 aromatic rings. The van der Waals surface area contributed by atoms with Gasteiger partial charge in [-0.25, -0.2) is 4.98 Å². The Labute approximate surface area is 140 Å². The molecular weight excluding hydrogens is 304 g/mol. The molecule has 0 radical (unpaired) electrons. The zero-order valence-corrected chi connectivity index (χ0v) is 13.9. The number of aromatic nitrogens is 2. The molecule has 0 unspecified atom stereocenters. The van der Waals surface area contributed by atoms with E-state index in [0.29, 0.717) is 11.5 Å². The normalized spacial score (nSPS) is 11.9. The van der Waals surface area contributed by atoms with Crippen LogP contribution in [0.4, 0.5) is 11.5 Å². The second kappa shape index (κ2) is 6.41. The van der Waals surface area contributed by atoms with Crippen molar-refractivity contribution in [3.8, 4) is 5.75 Å². The average Bonchev–Trinajstić information content (AvgIpc) is 2.92. The van der Waals surface area contributed by atoms with Crippen LogP contribution in [0.3, 0.4) is 0 Å². The Hall–Kier alpha value is -2.73. The predicted octanol–water partition coefficient (Wildman–Crippen LogP) is 4.38. The van der Waals surface area contributed by atoms with Gasteiger partial charge in [-0.2, -0.15) is 0 Å². The highest BCUT2D eigenvalue weighted by atomic mass is 16.3. The van der Waals surface area contributed by atoms with Gasteiger partial charge in [0.15, 0.2) is 5.82 Å². The molecule has 124 valence electrons. The molecule has 2 heterocycles. The van der Waals surface area contributed by atoms with E-state index in [9.17, 15) is 10.2 Å². The first-order valence-electron chi connectivity index (χ1n) is 7.82. The van der Waals surface area contributed by atoms with Gasteiger partial charge in [0.1, 0.15) is 11.4 Å². The number of nitrogens with zero attached hydrogens (tertiary/aromatic N) is 4. The van der Waals surface area contributed by atoms with E-state index >= 15 is 0 Å². The van der Waals surface area contributed by atoms with Gasteiger partial charge in [0, 0.05) is 6.20 Å². The highest BCUT2D eigenvalue weighted by Gasteiger charge is 2.15. The van der Waals surface area contributed by atoms with E-state index in [1.807, 2.05) is 29.7 Å². The largest absolute Gasteiger partial charge is 0.508 e. The van der Waals surface area contributed by atoms with Crippen LogP contribution in [0.25, 0.3) is 5.65 Å². The van der Waals surface area contributed by atoms with Gasteiger partial charge in [-0.05, 0) is 54.3 Å². The molecule has 24 heavy (non-hydrogen) atoms. The van der Waals surface area contributed by atoms with E-state index in [2.05, 4.69) is 29.1 Å². The van der Waals surface area contributed by atoms with Crippen molar-refractivity contribution in [3.05, 3.63) is 53.3 Å². The van der Waals surface area contributed by atoms with E-state index in [1.54, 1.807) is 18.2 Å². The van der Waals surface area contributed by atoms with E-state index < -0.39 is 0 Å². The molecule has 6 nitrogen and oxygen atoms in total. The maximum Gasteiger partial charge on any atom is 0.183 e. The molecule has 1 aromatic carbocycles. The van der Waals surface area contributed by atoms with Crippen molar-refractivity contribution in [2.75, 3.05) is 0 Å². The van der Waals surface area contributed by atoms with Gasteiger partial charge in [-0.1, -0.05) is 13.8 Å². The van der Waals surface area contributed by atoms with Crippen LogP contribution in [0.15, 0.2) is 46.8 Å². The van der Waals surface area contributed by atoms with Crippen molar-refractivity contribution < 1.29 is 10.2 Å². The molecule has 2 N–H and O–H groups in total. The fraction of sp³-hybridized carbons (Fsp3) is 0.278. The minimum absolute atomic E-state index is 0.0239. The number of hydrogen-bond donors (Lipinski definition) is 2. The third-order valence-electron chi connectivity index (χ3n) is 3.85. The van der Waals surface area contributed by atoms with Crippen molar-refractivity contribution >= 4 is 17.2 Å². The van der Waals surface area contributed by atoms with Crippen LogP contribution < -0.4 is 0 Å². The lowest BCUT2D eigenvalue weighted by molar-refractivity contribution is 0.282. The molecule has 0 aliphatic rings. The number of fused-ring (bicyclic) bond motifs is 1. The number of hydrogen-bond acceptors (Lipinski definition) is 5. The summed E-state index contributed by atoms with van der Waals surface area (Å²) >= 11 is 0. The number of aliphatic hydroxyl groups excluding tert-OH is 1. The molecule has 0 aliphatic heterocycles. The lowest BCUT2D eigenvalue weighted by atomic mass is 10.1. The van der Waals surface area contributed by atoms with Crippen LogP contribution in [-0.2, 0) is 6.61 Å². The highest BCUT2D eigenvalue weighted by molar-refractivity contribution is 5.55. The number of rotatable bonds is 4. The van der Waals surface area contributed by atoms with Gasteiger partial charge in [-0.3, -0.25) is 4.40 Å². The second-order valence-electron chi connectivity index (χ2n) is 6.07. The molecule has 0 aliphatic carbocycles. The summed E-state index contributed by atoms with van der Waals surface area (Å²) < 4.78 is 1.87. The molecule has 0 amide bonds. The van der Waals surface area contributed by atoms with E-state index in [4.69, 9.17) is 0 Å². The summed E-state index contributed by atoms with van der Waals surface area (Å²) in [6.45, 7) is 5.96. The lowest BCUT2D eigenvalue weighted by Crippen LogP contribution is -1.88. The second-order valence-corrected chi connectivity index (χ2v) is 6.07. The van der Waals surface area contributed by atoms with Crippen molar-refractivity contribution in [2.45, 2.75) is 33.3 Å². The van der Waals surface area contributed by atoms with Crippen molar-refractivity contribution in [2.24, 2.45) is 10.2 Å². The Kier molecular flexibility index (Phi) is 4.31. The summed E-state index contributed by atoms with van der Waals surface area (Å²) in [6, 6.07) is 8.66. The van der Waals surface area contributed by atoms with Gasteiger partial charge in [0.05, 0.1) is 18.0 Å². The van der Waals surface area contributed by atoms with Gasteiger partial charge >= 0.3 is 0 Å². The highest BCUT2D eigenvalue weighted by Crippen LogP contribution is 2.31. The van der Waals surface area contributed by atoms with Gasteiger partial charge in [0.25, 0.3) is 0 Å². The fourth-order valence-electron chi connectivity index (χ4n) is 2.53. The Bertz CT molecular complexity index is 913. The Morgan fingerprint density at radius 1 is 1.17 bits per heavy atom. The number of azo groups is 1. The monoisotopic (exact) mass is 324 g/mol. The number of pyridine rings is 1. The molecule has 2 aromatic heterocycles. The summed E-state index contributed by atoms with van der Waals surface area (Å²) in [7, 11) is 0. The maximum atomic E-state index is 9.49. The Morgan fingerprint density at radius 2 is 1.96 bits per heavy atom. The van der Waals surface area contributed by atoms with Crippen LogP contribution in [0.1, 0.15) is 36.6 Å². The first kappa shape index (κ1) is 16.1. The van der Waals surface area contributed by atoms with E-state index in [0.717, 1.165) is 22.5 Å². The SMILES string of the molecule is Cc1cc(O)ccc1N=Nc1c(C(C)C)nc2cc(CO)ccn12. The predicted molar refractivity (Wildman–Crippen MR) is 92.2 cm³/mol. The molecule has 3 rings (SSSR count). The number of phenols is 1. The summed E-state index contributed by atoms with van der Waals surface area (Å²) in [4.78, 5) is 4.63. The molecule has 0 saturated carbocycles. The van der Waals surface area contributed by atoms with Gasteiger partial charge in [0.2, 0.25) is 0 Å². The zero-order chi connectivity index (χ0) is 17.3. The molecule has 0 fully saturated rings. The number of benzene rings is 1. The Morgan fingerprint density at radius 3 is 2.62 bits per heavy atom. The van der Waals surface area contributed by atoms with E-state index in [-0.39, 0.29) is 18.3 Å². The zero-order valence-electron chi connectivity index (χ0n) is 13.9. The number of imidazole rings is 1. The molecule has 0 saturated heterocycles. The third kappa shape index (κ3) is 3.00. The average molecular weight is 324 g/mol. The summed E-state index contributed by atoms with van der Waals surface area (Å²) in [6.07, 6.45) is 1.85. The van der Waals surface area contributed by atoms with Crippen molar-refractivity contribution in [1.29, 1.82) is 0 Å². The molecule has 0 atom stereocenters. The first-order valence-corrected chi connectivity index (χ1v) is 7.82. The lowest BCUT2D eigenvalue weighted by Gasteiger charge is -2.03. The summed E-state index contributed by atoms with van der Waals surface area (Å²) in [5.41, 5.74) is 3.94. The van der Waals surface area contributed by atoms with E-state index in [1.165, 1.54) is 0 Å². The number of aryl methyl sites for hydroxylation is 1. The topological polar surface area (TPSA) is 82.5 Å². The minimum atomic E-state index is -0.0239. The van der Waals surface area contributed by atoms with Crippen molar-refractivity contribution in [3.63, 3.8) is 0 Å². The fourth-order valence-corrected chi connectivity index (χ4v) is 2.53. The minimum Gasteiger partial charge on any atom is -0.508 e. The Balaban J connectivity index is 2.10. The smallest absolute Gasteiger partial charge is 0.183 e. The molecular formula is C18H20N4O2. The van der Waals surface area contributed by atoms with Gasteiger partial charge in [-0.15, -0.1) is 10.2 Å². The maximum absolute atomic E-state index is 9.49. The van der Waals surface area contributed by atoms with Crippen molar-refractivity contribution in [1.82, 2.24) is 9.38 Å². The molecule has 6 heteroatoms. The van der Waals surface area contributed by atoms with Crippen LogP contribution in [0, 0.1) is 6.92 Å². The van der Waals surface area contributed by atoms with Crippen LogP contribution >= 0.6 is 0 Å². The van der Waals surface area contributed by atoms with Crippen LogP contribution in [0.5, 0.6) is 5.75 Å². The summed E-state index contributed by atoms with van der Waals surface area (Å²) in [5.74, 6) is 1.08. The summed E-state index contributed by atoms with van der Waals surface area (Å²) in [5, 5.41) is 27.5. The standard InChI is InChI=1S/C18H20N4O2/c1-11(2)17-18(21-20-15-5-4-14(24)8-12(15)3)22-7-6-13(10-23)9-16(22)19-17/h4-9,11,23-24H,10H2,1-3H3. The molecule has 0 spiro atoms. The quantitative estimate of drug-likeness (QED) is 0.699. The number of aliphatic hydroxyl groups is 1. The molecule has 0 bridgehead atoms. The number of phenolic OH excluding ortho intramolecular Hbond substituents is 1. The third-order valence-corrected chi connectivity index (χ3v) is 3.85. The van der Waals surface area contributed by atoms with Gasteiger partial charge < -0.3 is 10.2 Å². The number of aromatic hydroxyl groups is 1. The van der Waals surface area contributed by atoms with Crippen LogP contribution in [-0.4, -0.2) is 19.6 Å². The first-order chi connectivity index (χ1) is 11.5.